The molecule has 0 aliphatic rings. The second-order valence-electron chi connectivity index (χ2n) is 3.00. The van der Waals surface area contributed by atoms with Gasteiger partial charge in [0.25, 0.3) is 0 Å². The van der Waals surface area contributed by atoms with Gasteiger partial charge < -0.3 is 11.1 Å². The van der Waals surface area contributed by atoms with Crippen molar-refractivity contribution in [1.82, 2.24) is 9.97 Å². The minimum absolute atomic E-state index is 0.448. The van der Waals surface area contributed by atoms with Crippen LogP contribution in [0.25, 0.3) is 0 Å². The van der Waals surface area contributed by atoms with E-state index in [1.54, 1.807) is 12.4 Å². The van der Waals surface area contributed by atoms with Gasteiger partial charge in [-0.2, -0.15) is 0 Å². The van der Waals surface area contributed by atoms with Gasteiger partial charge in [-0.05, 0) is 12.8 Å². The van der Waals surface area contributed by atoms with E-state index in [0.29, 0.717) is 17.7 Å². The van der Waals surface area contributed by atoms with Crippen LogP contribution >= 0.6 is 0 Å². The summed E-state index contributed by atoms with van der Waals surface area (Å²) in [5.74, 6) is 0.655. The second-order valence-corrected chi connectivity index (χ2v) is 3.00. The van der Waals surface area contributed by atoms with E-state index in [-0.39, 0.29) is 0 Å². The Balaban J connectivity index is 2.58. The fourth-order valence-corrected chi connectivity index (χ4v) is 1.09. The quantitative estimate of drug-likeness (QED) is 0.739. The SMILES string of the molecule is CCC(CC)Nc1ncc(N)cn1. The molecular formula is C9H16N4. The van der Waals surface area contributed by atoms with Crippen LogP contribution < -0.4 is 11.1 Å². The maximum absolute atomic E-state index is 5.47. The molecule has 3 N–H and O–H groups in total. The topological polar surface area (TPSA) is 63.8 Å². The zero-order valence-corrected chi connectivity index (χ0v) is 8.12. The van der Waals surface area contributed by atoms with Gasteiger partial charge in [0.15, 0.2) is 0 Å². The van der Waals surface area contributed by atoms with Crippen molar-refractivity contribution in [1.29, 1.82) is 0 Å². The summed E-state index contributed by atoms with van der Waals surface area (Å²) >= 11 is 0. The van der Waals surface area contributed by atoms with Crippen molar-refractivity contribution in [3.8, 4) is 0 Å². The van der Waals surface area contributed by atoms with Crippen molar-refractivity contribution in [2.24, 2.45) is 0 Å². The Bertz CT molecular complexity index is 240. The number of anilines is 2. The molecule has 0 spiro atoms. The molecule has 72 valence electrons. The van der Waals surface area contributed by atoms with E-state index in [4.69, 9.17) is 5.73 Å². The predicted molar refractivity (Wildman–Crippen MR) is 54.4 cm³/mol. The number of nitrogen functional groups attached to an aromatic ring is 1. The monoisotopic (exact) mass is 180 g/mol. The van der Waals surface area contributed by atoms with Crippen molar-refractivity contribution in [3.63, 3.8) is 0 Å². The predicted octanol–water partition coefficient (Wildman–Crippen LogP) is 1.66. The Hall–Kier alpha value is -1.32. The van der Waals surface area contributed by atoms with Crippen LogP contribution in [-0.2, 0) is 0 Å². The Morgan fingerprint density at radius 3 is 2.31 bits per heavy atom. The minimum Gasteiger partial charge on any atom is -0.396 e. The van der Waals surface area contributed by atoms with Crippen LogP contribution in [0.3, 0.4) is 0 Å². The fraction of sp³-hybridized carbons (Fsp3) is 0.556. The number of hydrogen-bond acceptors (Lipinski definition) is 4. The lowest BCUT2D eigenvalue weighted by atomic mass is 10.2. The maximum atomic E-state index is 5.47. The van der Waals surface area contributed by atoms with E-state index in [1.165, 1.54) is 0 Å². The van der Waals surface area contributed by atoms with Crippen molar-refractivity contribution >= 4 is 11.6 Å². The molecule has 0 unspecified atom stereocenters. The first-order valence-electron chi connectivity index (χ1n) is 4.60. The summed E-state index contributed by atoms with van der Waals surface area (Å²) in [6, 6.07) is 0.448. The van der Waals surface area contributed by atoms with Crippen molar-refractivity contribution in [2.45, 2.75) is 32.7 Å². The summed E-state index contributed by atoms with van der Waals surface area (Å²) in [7, 11) is 0. The van der Waals surface area contributed by atoms with E-state index in [1.807, 2.05) is 0 Å². The number of nitrogens with zero attached hydrogens (tertiary/aromatic N) is 2. The summed E-state index contributed by atoms with van der Waals surface area (Å²) in [5.41, 5.74) is 6.06. The molecule has 0 atom stereocenters. The van der Waals surface area contributed by atoms with Gasteiger partial charge >= 0.3 is 0 Å². The van der Waals surface area contributed by atoms with E-state index in [9.17, 15) is 0 Å². The zero-order valence-electron chi connectivity index (χ0n) is 8.12. The van der Waals surface area contributed by atoms with Gasteiger partial charge in [0, 0.05) is 6.04 Å². The normalized spacial score (nSPS) is 10.4. The Morgan fingerprint density at radius 2 is 1.85 bits per heavy atom. The van der Waals surface area contributed by atoms with Crippen molar-refractivity contribution in [3.05, 3.63) is 12.4 Å². The third-order valence-electron chi connectivity index (χ3n) is 1.99. The number of nitrogens with two attached hydrogens (primary N) is 1. The smallest absolute Gasteiger partial charge is 0.222 e. The van der Waals surface area contributed by atoms with Crippen molar-refractivity contribution < 1.29 is 0 Å². The van der Waals surface area contributed by atoms with Crippen LogP contribution in [0.2, 0.25) is 0 Å². The molecule has 0 aliphatic carbocycles. The summed E-state index contributed by atoms with van der Waals surface area (Å²) in [6.45, 7) is 4.27. The summed E-state index contributed by atoms with van der Waals surface area (Å²) < 4.78 is 0. The van der Waals surface area contributed by atoms with E-state index in [0.717, 1.165) is 12.8 Å². The highest BCUT2D eigenvalue weighted by molar-refractivity contribution is 5.36. The van der Waals surface area contributed by atoms with Gasteiger partial charge in [0.2, 0.25) is 5.95 Å². The lowest BCUT2D eigenvalue weighted by molar-refractivity contribution is 0.664. The van der Waals surface area contributed by atoms with E-state index in [2.05, 4.69) is 29.1 Å². The average molecular weight is 180 g/mol. The number of nitrogens with one attached hydrogen (secondary N) is 1. The molecule has 4 heteroatoms. The van der Waals surface area contributed by atoms with Crippen LogP contribution in [-0.4, -0.2) is 16.0 Å². The van der Waals surface area contributed by atoms with Gasteiger partial charge in [-0.25, -0.2) is 9.97 Å². The molecule has 1 rings (SSSR count). The molecule has 1 heterocycles. The lowest BCUT2D eigenvalue weighted by Crippen LogP contribution is -2.18. The molecule has 4 nitrogen and oxygen atoms in total. The largest absolute Gasteiger partial charge is 0.396 e. The van der Waals surface area contributed by atoms with Crippen LogP contribution in [0.4, 0.5) is 11.6 Å². The van der Waals surface area contributed by atoms with E-state index < -0.39 is 0 Å². The molecule has 0 fully saturated rings. The molecular weight excluding hydrogens is 164 g/mol. The molecule has 0 saturated carbocycles. The highest BCUT2D eigenvalue weighted by Gasteiger charge is 2.03. The molecule has 13 heavy (non-hydrogen) atoms. The van der Waals surface area contributed by atoms with Gasteiger partial charge in [0.05, 0.1) is 18.1 Å². The average Bonchev–Trinajstić information content (AvgIpc) is 2.17. The molecule has 0 bridgehead atoms. The summed E-state index contributed by atoms with van der Waals surface area (Å²) in [4.78, 5) is 8.13. The third-order valence-corrected chi connectivity index (χ3v) is 1.99. The Morgan fingerprint density at radius 1 is 1.31 bits per heavy atom. The first kappa shape index (κ1) is 9.77. The number of rotatable bonds is 4. The molecule has 0 aliphatic heterocycles. The van der Waals surface area contributed by atoms with Gasteiger partial charge in [-0.1, -0.05) is 13.8 Å². The summed E-state index contributed by atoms with van der Waals surface area (Å²) in [6.07, 6.45) is 5.36. The standard InChI is InChI=1S/C9H16N4/c1-3-8(4-2)13-9-11-5-7(10)6-12-9/h5-6,8H,3-4,10H2,1-2H3,(H,11,12,13). The van der Waals surface area contributed by atoms with Crippen LogP contribution in [0.1, 0.15) is 26.7 Å². The molecule has 0 aromatic carbocycles. The Kier molecular flexibility index (Phi) is 3.49. The number of aromatic nitrogens is 2. The highest BCUT2D eigenvalue weighted by Crippen LogP contribution is 2.06. The first-order valence-corrected chi connectivity index (χ1v) is 4.60. The number of hydrogen-bond donors (Lipinski definition) is 2. The Labute approximate surface area is 78.6 Å². The van der Waals surface area contributed by atoms with E-state index >= 15 is 0 Å². The van der Waals surface area contributed by atoms with Gasteiger partial charge in [-0.3, -0.25) is 0 Å². The first-order chi connectivity index (χ1) is 6.26. The molecule has 0 amide bonds. The lowest BCUT2D eigenvalue weighted by Gasteiger charge is -2.13. The van der Waals surface area contributed by atoms with Gasteiger partial charge in [0.1, 0.15) is 0 Å². The zero-order chi connectivity index (χ0) is 9.68. The maximum Gasteiger partial charge on any atom is 0.222 e. The molecule has 1 aromatic rings. The second kappa shape index (κ2) is 4.64. The van der Waals surface area contributed by atoms with Gasteiger partial charge in [-0.15, -0.1) is 0 Å². The molecule has 0 saturated heterocycles. The van der Waals surface area contributed by atoms with Crippen LogP contribution in [0.15, 0.2) is 12.4 Å². The molecule has 1 aromatic heterocycles. The molecule has 0 radical (unpaired) electrons. The van der Waals surface area contributed by atoms with Crippen LogP contribution in [0.5, 0.6) is 0 Å². The van der Waals surface area contributed by atoms with Crippen LogP contribution in [0, 0.1) is 0 Å². The third kappa shape index (κ3) is 2.89. The minimum atomic E-state index is 0.448. The fourth-order valence-electron chi connectivity index (χ4n) is 1.09. The summed E-state index contributed by atoms with van der Waals surface area (Å²) in [5, 5.41) is 3.23. The highest BCUT2D eigenvalue weighted by atomic mass is 15.1. The van der Waals surface area contributed by atoms with Crippen molar-refractivity contribution in [2.75, 3.05) is 11.1 Å².